The maximum Gasteiger partial charge on any atom is 0.418 e. The number of halogens is 3. The van der Waals surface area contributed by atoms with Gasteiger partial charge in [0, 0.05) is 19.5 Å². The first-order chi connectivity index (χ1) is 13.3. The van der Waals surface area contributed by atoms with Gasteiger partial charge >= 0.3 is 6.18 Å². The van der Waals surface area contributed by atoms with Crippen molar-refractivity contribution >= 4 is 17.5 Å². The number of amides is 2. The number of carbonyl (C=O) groups excluding carboxylic acids is 2. The standard InChI is InChI=1S/C20H20F3N3O2/c21-20(22,23)16-8-4-5-9-17(16)24-25-19(28)15-12-18(27)26(13-15)11-10-14-6-2-1-3-7-14/h1-9,15,24H,10-13H2,(H,25,28). The maximum atomic E-state index is 13.0. The molecule has 0 spiro atoms. The molecule has 1 atom stereocenters. The summed E-state index contributed by atoms with van der Waals surface area (Å²) in [6, 6.07) is 14.6. The molecule has 2 aromatic carbocycles. The number of benzene rings is 2. The summed E-state index contributed by atoms with van der Waals surface area (Å²) in [7, 11) is 0. The van der Waals surface area contributed by atoms with Crippen LogP contribution in [0.2, 0.25) is 0 Å². The van der Waals surface area contributed by atoms with Crippen LogP contribution in [0.25, 0.3) is 0 Å². The summed E-state index contributed by atoms with van der Waals surface area (Å²) in [5, 5.41) is 0. The molecule has 148 valence electrons. The van der Waals surface area contributed by atoms with E-state index >= 15 is 0 Å². The number of hydrogen-bond donors (Lipinski definition) is 2. The highest BCUT2D eigenvalue weighted by atomic mass is 19.4. The normalized spacial score (nSPS) is 16.9. The lowest BCUT2D eigenvalue weighted by Gasteiger charge is -2.18. The molecule has 0 saturated carbocycles. The summed E-state index contributed by atoms with van der Waals surface area (Å²) in [6.07, 6.45) is -3.81. The van der Waals surface area contributed by atoms with Crippen LogP contribution in [-0.4, -0.2) is 29.8 Å². The van der Waals surface area contributed by atoms with Crippen molar-refractivity contribution in [3.63, 3.8) is 0 Å². The monoisotopic (exact) mass is 391 g/mol. The van der Waals surface area contributed by atoms with Gasteiger partial charge in [-0.15, -0.1) is 0 Å². The van der Waals surface area contributed by atoms with Gasteiger partial charge in [-0.05, 0) is 24.1 Å². The lowest BCUT2D eigenvalue weighted by molar-refractivity contribution is -0.137. The Kier molecular flexibility index (Phi) is 5.87. The Hall–Kier alpha value is -3.03. The highest BCUT2D eigenvalue weighted by Gasteiger charge is 2.35. The number of carbonyl (C=O) groups is 2. The minimum absolute atomic E-state index is 0.0449. The van der Waals surface area contributed by atoms with E-state index in [0.29, 0.717) is 13.0 Å². The van der Waals surface area contributed by atoms with Crippen molar-refractivity contribution in [2.75, 3.05) is 18.5 Å². The number of anilines is 1. The number of alkyl halides is 3. The van der Waals surface area contributed by atoms with Gasteiger partial charge in [0.05, 0.1) is 17.2 Å². The van der Waals surface area contributed by atoms with E-state index in [2.05, 4.69) is 10.9 Å². The Labute approximate surface area is 160 Å². The molecule has 1 aliphatic heterocycles. The van der Waals surface area contributed by atoms with Crippen LogP contribution in [0.15, 0.2) is 54.6 Å². The topological polar surface area (TPSA) is 61.4 Å². The molecule has 0 radical (unpaired) electrons. The fraction of sp³-hybridized carbons (Fsp3) is 0.300. The van der Waals surface area contributed by atoms with E-state index in [1.165, 1.54) is 18.2 Å². The quantitative estimate of drug-likeness (QED) is 0.744. The van der Waals surface area contributed by atoms with E-state index in [0.717, 1.165) is 11.6 Å². The van der Waals surface area contributed by atoms with Crippen molar-refractivity contribution in [3.8, 4) is 0 Å². The van der Waals surface area contributed by atoms with Crippen LogP contribution in [0, 0.1) is 5.92 Å². The van der Waals surface area contributed by atoms with Crippen molar-refractivity contribution in [2.45, 2.75) is 19.0 Å². The molecule has 1 unspecified atom stereocenters. The molecule has 28 heavy (non-hydrogen) atoms. The second-order valence-corrected chi connectivity index (χ2v) is 6.63. The Morgan fingerprint density at radius 1 is 1.07 bits per heavy atom. The van der Waals surface area contributed by atoms with Crippen molar-refractivity contribution in [3.05, 3.63) is 65.7 Å². The zero-order chi connectivity index (χ0) is 20.1. The summed E-state index contributed by atoms with van der Waals surface area (Å²) in [5.74, 6) is -1.24. The third kappa shape index (κ3) is 4.82. The van der Waals surface area contributed by atoms with Crippen LogP contribution < -0.4 is 10.9 Å². The van der Waals surface area contributed by atoms with Crippen molar-refractivity contribution in [1.82, 2.24) is 10.3 Å². The first kappa shape index (κ1) is 19.7. The van der Waals surface area contributed by atoms with Crippen molar-refractivity contribution < 1.29 is 22.8 Å². The number of para-hydroxylation sites is 1. The van der Waals surface area contributed by atoms with E-state index < -0.39 is 23.6 Å². The average Bonchev–Trinajstić information content (AvgIpc) is 3.05. The zero-order valence-electron chi connectivity index (χ0n) is 15.0. The molecule has 2 aromatic rings. The second-order valence-electron chi connectivity index (χ2n) is 6.63. The molecule has 3 rings (SSSR count). The van der Waals surface area contributed by atoms with Gasteiger partial charge in [0.25, 0.3) is 0 Å². The smallest absolute Gasteiger partial charge is 0.342 e. The van der Waals surface area contributed by atoms with Gasteiger partial charge in [0.2, 0.25) is 11.8 Å². The molecule has 2 N–H and O–H groups in total. The lowest BCUT2D eigenvalue weighted by atomic mass is 10.1. The zero-order valence-corrected chi connectivity index (χ0v) is 15.0. The molecule has 8 heteroatoms. The van der Waals surface area contributed by atoms with E-state index in [9.17, 15) is 22.8 Å². The predicted octanol–water partition coefficient (Wildman–Crippen LogP) is 3.24. The number of rotatable bonds is 6. The highest BCUT2D eigenvalue weighted by Crippen LogP contribution is 2.34. The molecule has 0 aliphatic carbocycles. The molecule has 0 bridgehead atoms. The van der Waals surface area contributed by atoms with Gasteiger partial charge in [-0.2, -0.15) is 13.2 Å². The molecular weight excluding hydrogens is 371 g/mol. The van der Waals surface area contributed by atoms with Gasteiger partial charge in [-0.3, -0.25) is 20.4 Å². The van der Waals surface area contributed by atoms with Gasteiger partial charge in [0.1, 0.15) is 0 Å². The Balaban J connectivity index is 1.54. The largest absolute Gasteiger partial charge is 0.418 e. The Morgan fingerprint density at radius 2 is 1.75 bits per heavy atom. The molecule has 1 fully saturated rings. The van der Waals surface area contributed by atoms with Crippen LogP contribution in [-0.2, 0) is 22.2 Å². The SMILES string of the molecule is O=C(NNc1ccccc1C(F)(F)F)C1CC(=O)N(CCc2ccccc2)C1. The molecule has 0 aromatic heterocycles. The minimum Gasteiger partial charge on any atom is -0.342 e. The van der Waals surface area contributed by atoms with Gasteiger partial charge < -0.3 is 4.90 Å². The maximum absolute atomic E-state index is 13.0. The molecule has 1 saturated heterocycles. The Bertz CT molecular complexity index is 840. The molecule has 5 nitrogen and oxygen atoms in total. The molecule has 1 heterocycles. The van der Waals surface area contributed by atoms with E-state index in [1.807, 2.05) is 30.3 Å². The van der Waals surface area contributed by atoms with E-state index in [1.54, 1.807) is 4.90 Å². The average molecular weight is 391 g/mol. The number of nitrogens with zero attached hydrogens (tertiary/aromatic N) is 1. The van der Waals surface area contributed by atoms with Crippen LogP contribution in [0.3, 0.4) is 0 Å². The third-order valence-electron chi connectivity index (χ3n) is 4.65. The Morgan fingerprint density at radius 3 is 2.46 bits per heavy atom. The second kappa shape index (κ2) is 8.33. The van der Waals surface area contributed by atoms with Crippen LogP contribution in [0.5, 0.6) is 0 Å². The van der Waals surface area contributed by atoms with Crippen molar-refractivity contribution in [2.24, 2.45) is 5.92 Å². The predicted molar refractivity (Wildman–Crippen MR) is 98.0 cm³/mol. The summed E-state index contributed by atoms with van der Waals surface area (Å²) in [5.41, 5.74) is 4.61. The summed E-state index contributed by atoms with van der Waals surface area (Å²) < 4.78 is 39.0. The van der Waals surface area contributed by atoms with Crippen molar-refractivity contribution in [1.29, 1.82) is 0 Å². The van der Waals surface area contributed by atoms with Crippen LogP contribution in [0.1, 0.15) is 17.5 Å². The summed E-state index contributed by atoms with van der Waals surface area (Å²) in [4.78, 5) is 26.1. The molecule has 2 amide bonds. The fourth-order valence-electron chi connectivity index (χ4n) is 3.14. The number of likely N-dealkylation sites (tertiary alicyclic amines) is 1. The number of hydrazine groups is 1. The van der Waals surface area contributed by atoms with Crippen LogP contribution >= 0.6 is 0 Å². The molecule has 1 aliphatic rings. The number of hydrogen-bond acceptors (Lipinski definition) is 3. The fourth-order valence-corrected chi connectivity index (χ4v) is 3.14. The highest BCUT2D eigenvalue weighted by molar-refractivity contribution is 5.89. The number of nitrogens with one attached hydrogen (secondary N) is 2. The summed E-state index contributed by atoms with van der Waals surface area (Å²) >= 11 is 0. The first-order valence-electron chi connectivity index (χ1n) is 8.88. The van der Waals surface area contributed by atoms with Gasteiger partial charge in [-0.1, -0.05) is 42.5 Å². The van der Waals surface area contributed by atoms with Gasteiger partial charge in [0.15, 0.2) is 0 Å². The molecular formula is C20H20F3N3O2. The first-order valence-corrected chi connectivity index (χ1v) is 8.88. The third-order valence-corrected chi connectivity index (χ3v) is 4.65. The van der Waals surface area contributed by atoms with Gasteiger partial charge in [-0.25, -0.2) is 0 Å². The summed E-state index contributed by atoms with van der Waals surface area (Å²) in [6.45, 7) is 0.747. The van der Waals surface area contributed by atoms with E-state index in [-0.39, 0.29) is 24.6 Å². The van der Waals surface area contributed by atoms with E-state index in [4.69, 9.17) is 0 Å². The lowest BCUT2D eigenvalue weighted by Crippen LogP contribution is -2.37. The van der Waals surface area contributed by atoms with Crippen LogP contribution in [0.4, 0.5) is 18.9 Å². The minimum atomic E-state index is -4.54.